The van der Waals surface area contributed by atoms with Crippen molar-refractivity contribution < 1.29 is 4.79 Å². The van der Waals surface area contributed by atoms with Gasteiger partial charge < -0.3 is 5.32 Å². The fourth-order valence-corrected chi connectivity index (χ4v) is 3.66. The molecule has 2 nitrogen and oxygen atoms in total. The van der Waals surface area contributed by atoms with Gasteiger partial charge in [-0.25, -0.2) is 0 Å². The number of nitrogens with one attached hydrogen (secondary N) is 1. The average Bonchev–Trinajstić information content (AvgIpc) is 2.75. The summed E-state index contributed by atoms with van der Waals surface area (Å²) in [6.45, 7) is 0.797. The molecule has 1 spiro atoms. The second-order valence-electron chi connectivity index (χ2n) is 5.36. The number of benzene rings is 2. The van der Waals surface area contributed by atoms with Gasteiger partial charge in [0, 0.05) is 6.54 Å². The molecule has 0 saturated carbocycles. The van der Waals surface area contributed by atoms with Crippen molar-refractivity contribution in [3.8, 4) is 11.1 Å². The molecule has 1 fully saturated rings. The van der Waals surface area contributed by atoms with Crippen LogP contribution < -0.4 is 5.32 Å². The number of piperidine rings is 1. The maximum Gasteiger partial charge on any atom is 0.235 e. The molecule has 94 valence electrons. The van der Waals surface area contributed by atoms with E-state index in [9.17, 15) is 4.79 Å². The molecule has 19 heavy (non-hydrogen) atoms. The van der Waals surface area contributed by atoms with E-state index >= 15 is 0 Å². The van der Waals surface area contributed by atoms with Crippen LogP contribution in [0.4, 0.5) is 0 Å². The molecule has 2 aliphatic rings. The molecule has 4 rings (SSSR count). The van der Waals surface area contributed by atoms with Gasteiger partial charge in [-0.15, -0.1) is 0 Å². The molecule has 2 aromatic carbocycles. The highest BCUT2D eigenvalue weighted by Crippen LogP contribution is 2.51. The molecule has 0 aromatic heterocycles. The predicted molar refractivity (Wildman–Crippen MR) is 74.9 cm³/mol. The standard InChI is InChI=1S/C17H15NO/c19-16-17(10-5-11-18-16)14-8-3-1-6-12(14)13-7-2-4-9-15(13)17/h1-4,6-9H,5,10-11H2,(H,18,19). The Balaban J connectivity index is 2.08. The summed E-state index contributed by atoms with van der Waals surface area (Å²) >= 11 is 0. The predicted octanol–water partition coefficient (Wildman–Crippen LogP) is 2.86. The first-order valence-electron chi connectivity index (χ1n) is 6.82. The second kappa shape index (κ2) is 3.70. The smallest absolute Gasteiger partial charge is 0.235 e. The molecule has 0 radical (unpaired) electrons. The first-order valence-corrected chi connectivity index (χ1v) is 6.82. The van der Waals surface area contributed by atoms with Crippen molar-refractivity contribution in [2.24, 2.45) is 0 Å². The number of rotatable bonds is 0. The highest BCUT2D eigenvalue weighted by atomic mass is 16.2. The van der Waals surface area contributed by atoms with E-state index in [2.05, 4.69) is 41.7 Å². The zero-order chi connectivity index (χ0) is 12.9. The van der Waals surface area contributed by atoms with E-state index in [1.54, 1.807) is 0 Å². The van der Waals surface area contributed by atoms with Crippen LogP contribution in [0.2, 0.25) is 0 Å². The van der Waals surface area contributed by atoms with E-state index in [1.165, 1.54) is 22.3 Å². The minimum Gasteiger partial charge on any atom is -0.355 e. The number of hydrogen-bond donors (Lipinski definition) is 1. The topological polar surface area (TPSA) is 29.1 Å². The average molecular weight is 249 g/mol. The largest absolute Gasteiger partial charge is 0.355 e. The van der Waals surface area contributed by atoms with Crippen molar-refractivity contribution in [2.45, 2.75) is 18.3 Å². The van der Waals surface area contributed by atoms with Crippen LogP contribution in [0.1, 0.15) is 24.0 Å². The van der Waals surface area contributed by atoms with Gasteiger partial charge in [0.15, 0.2) is 0 Å². The van der Waals surface area contributed by atoms with Gasteiger partial charge >= 0.3 is 0 Å². The van der Waals surface area contributed by atoms with Crippen molar-refractivity contribution in [1.82, 2.24) is 5.32 Å². The molecule has 0 bridgehead atoms. The van der Waals surface area contributed by atoms with Crippen LogP contribution in [0.15, 0.2) is 48.5 Å². The van der Waals surface area contributed by atoms with Gasteiger partial charge in [-0.05, 0) is 35.1 Å². The molecule has 1 heterocycles. The van der Waals surface area contributed by atoms with Crippen LogP contribution in [0.5, 0.6) is 0 Å². The Hall–Kier alpha value is -2.09. The van der Waals surface area contributed by atoms with Gasteiger partial charge in [-0.1, -0.05) is 48.5 Å². The SMILES string of the molecule is O=C1NCCCC12c1ccccc1-c1ccccc12. The first-order chi connectivity index (χ1) is 9.34. The second-order valence-corrected chi connectivity index (χ2v) is 5.36. The summed E-state index contributed by atoms with van der Waals surface area (Å²) in [6.07, 6.45) is 1.95. The number of fused-ring (bicyclic) bond motifs is 5. The molecule has 1 saturated heterocycles. The molecule has 1 aliphatic heterocycles. The van der Waals surface area contributed by atoms with Gasteiger partial charge in [0.1, 0.15) is 5.41 Å². The van der Waals surface area contributed by atoms with Crippen molar-refractivity contribution in [3.63, 3.8) is 0 Å². The summed E-state index contributed by atoms with van der Waals surface area (Å²) in [7, 11) is 0. The summed E-state index contributed by atoms with van der Waals surface area (Å²) in [5.41, 5.74) is 4.33. The highest BCUT2D eigenvalue weighted by Gasteiger charge is 2.49. The minimum atomic E-state index is -0.453. The molecule has 0 atom stereocenters. The lowest BCUT2D eigenvalue weighted by atomic mass is 9.72. The normalized spacial score (nSPS) is 18.8. The summed E-state index contributed by atoms with van der Waals surface area (Å²) in [5.74, 6) is 0.163. The lowest BCUT2D eigenvalue weighted by Gasteiger charge is -2.34. The van der Waals surface area contributed by atoms with Crippen LogP contribution in [0.3, 0.4) is 0 Å². The Kier molecular flexibility index (Phi) is 2.10. The zero-order valence-electron chi connectivity index (χ0n) is 10.6. The van der Waals surface area contributed by atoms with Gasteiger partial charge in [0.05, 0.1) is 0 Å². The minimum absolute atomic E-state index is 0.163. The Morgan fingerprint density at radius 1 is 0.895 bits per heavy atom. The maximum absolute atomic E-state index is 12.6. The van der Waals surface area contributed by atoms with Crippen LogP contribution >= 0.6 is 0 Å². The lowest BCUT2D eigenvalue weighted by Crippen LogP contribution is -2.48. The fraction of sp³-hybridized carbons (Fsp3) is 0.235. The van der Waals surface area contributed by atoms with Crippen molar-refractivity contribution in [3.05, 3.63) is 59.7 Å². The summed E-state index contributed by atoms with van der Waals surface area (Å²) in [5, 5.41) is 3.06. The van der Waals surface area contributed by atoms with Gasteiger partial charge in [-0.3, -0.25) is 4.79 Å². The molecule has 1 aliphatic carbocycles. The molecular weight excluding hydrogens is 234 g/mol. The Labute approximate surface area is 112 Å². The molecule has 1 amide bonds. The monoisotopic (exact) mass is 249 g/mol. The quantitative estimate of drug-likeness (QED) is 0.764. The Morgan fingerprint density at radius 2 is 1.47 bits per heavy atom. The fourth-order valence-electron chi connectivity index (χ4n) is 3.66. The van der Waals surface area contributed by atoms with E-state index in [0.29, 0.717) is 0 Å². The zero-order valence-corrected chi connectivity index (χ0v) is 10.6. The van der Waals surface area contributed by atoms with E-state index in [-0.39, 0.29) is 5.91 Å². The van der Waals surface area contributed by atoms with Crippen molar-refractivity contribution in [1.29, 1.82) is 0 Å². The lowest BCUT2D eigenvalue weighted by molar-refractivity contribution is -0.126. The molecule has 0 unspecified atom stereocenters. The Bertz CT molecular complexity index is 629. The molecule has 2 aromatic rings. The summed E-state index contributed by atoms with van der Waals surface area (Å²) < 4.78 is 0. The summed E-state index contributed by atoms with van der Waals surface area (Å²) in [4.78, 5) is 12.6. The maximum atomic E-state index is 12.6. The molecular formula is C17H15NO. The number of carbonyl (C=O) groups excluding carboxylic acids is 1. The van der Waals surface area contributed by atoms with E-state index in [4.69, 9.17) is 0 Å². The van der Waals surface area contributed by atoms with E-state index < -0.39 is 5.41 Å². The summed E-state index contributed by atoms with van der Waals surface area (Å²) in [6, 6.07) is 16.7. The molecule has 2 heteroatoms. The third-order valence-electron chi connectivity index (χ3n) is 4.47. The van der Waals surface area contributed by atoms with Crippen molar-refractivity contribution in [2.75, 3.05) is 6.54 Å². The van der Waals surface area contributed by atoms with E-state index in [1.807, 2.05) is 12.1 Å². The van der Waals surface area contributed by atoms with Crippen molar-refractivity contribution >= 4 is 5.91 Å². The van der Waals surface area contributed by atoms with Crippen LogP contribution in [0, 0.1) is 0 Å². The van der Waals surface area contributed by atoms with Crippen LogP contribution in [-0.2, 0) is 10.2 Å². The third-order valence-corrected chi connectivity index (χ3v) is 4.47. The van der Waals surface area contributed by atoms with Crippen LogP contribution in [0.25, 0.3) is 11.1 Å². The molecule has 1 N–H and O–H groups in total. The van der Waals surface area contributed by atoms with Gasteiger partial charge in [-0.2, -0.15) is 0 Å². The van der Waals surface area contributed by atoms with E-state index in [0.717, 1.165) is 19.4 Å². The van der Waals surface area contributed by atoms with Crippen LogP contribution in [-0.4, -0.2) is 12.5 Å². The Morgan fingerprint density at radius 3 is 2.05 bits per heavy atom. The number of carbonyl (C=O) groups is 1. The van der Waals surface area contributed by atoms with Gasteiger partial charge in [0.2, 0.25) is 5.91 Å². The number of amides is 1. The highest BCUT2D eigenvalue weighted by molar-refractivity contribution is 6.01. The first kappa shape index (κ1) is 10.8. The third kappa shape index (κ3) is 1.24. The number of hydrogen-bond acceptors (Lipinski definition) is 1. The van der Waals surface area contributed by atoms with Gasteiger partial charge in [0.25, 0.3) is 0 Å².